The van der Waals surface area contributed by atoms with Gasteiger partial charge in [0.2, 0.25) is 0 Å². The second-order valence-electron chi connectivity index (χ2n) is 4.33. The molecular formula is C14H9F2N3O. The highest BCUT2D eigenvalue weighted by Gasteiger charge is 2.07. The van der Waals surface area contributed by atoms with E-state index in [0.29, 0.717) is 22.3 Å². The van der Waals surface area contributed by atoms with Crippen LogP contribution < -0.4 is 5.56 Å². The van der Waals surface area contributed by atoms with Crippen LogP contribution >= 0.6 is 0 Å². The first kappa shape index (κ1) is 12.4. The van der Waals surface area contributed by atoms with Crippen molar-refractivity contribution in [1.82, 2.24) is 15.0 Å². The molecule has 1 N–H and O–H groups in total. The summed E-state index contributed by atoms with van der Waals surface area (Å²) >= 11 is 0. The number of halogens is 2. The predicted octanol–water partition coefficient (Wildman–Crippen LogP) is 2.19. The van der Waals surface area contributed by atoms with Crippen LogP contribution in [0, 0.1) is 11.6 Å². The Kier molecular flexibility index (Phi) is 2.98. The lowest BCUT2D eigenvalue weighted by molar-refractivity contribution is 0.507. The maximum atomic E-state index is 13.1. The first-order chi connectivity index (χ1) is 9.63. The zero-order valence-electron chi connectivity index (χ0n) is 10.2. The molecule has 0 unspecified atom stereocenters. The highest BCUT2D eigenvalue weighted by molar-refractivity contribution is 5.75. The Morgan fingerprint density at radius 3 is 2.80 bits per heavy atom. The predicted molar refractivity (Wildman–Crippen MR) is 69.3 cm³/mol. The van der Waals surface area contributed by atoms with Crippen molar-refractivity contribution >= 4 is 10.9 Å². The minimum atomic E-state index is -0.921. The van der Waals surface area contributed by atoms with E-state index in [-0.39, 0.29) is 12.0 Å². The zero-order valence-corrected chi connectivity index (χ0v) is 10.2. The third-order valence-corrected chi connectivity index (χ3v) is 2.91. The Morgan fingerprint density at radius 2 is 2.00 bits per heavy atom. The highest BCUT2D eigenvalue weighted by Crippen LogP contribution is 2.12. The lowest BCUT2D eigenvalue weighted by Gasteiger charge is -2.03. The van der Waals surface area contributed by atoms with Gasteiger partial charge in [0.25, 0.3) is 5.56 Å². The first-order valence-electron chi connectivity index (χ1n) is 5.90. The number of fused-ring (bicyclic) bond motifs is 1. The molecule has 2 aromatic heterocycles. The fourth-order valence-electron chi connectivity index (χ4n) is 1.96. The minimum Gasteiger partial charge on any atom is -0.310 e. The third kappa shape index (κ3) is 2.27. The summed E-state index contributed by atoms with van der Waals surface area (Å²) in [6, 6.07) is 5.22. The van der Waals surface area contributed by atoms with Crippen molar-refractivity contribution in [3.05, 3.63) is 70.0 Å². The summed E-state index contributed by atoms with van der Waals surface area (Å²) in [6.45, 7) is 0. The Labute approximate surface area is 112 Å². The Bertz CT molecular complexity index is 845. The largest absolute Gasteiger partial charge is 0.310 e. The maximum Gasteiger partial charge on any atom is 0.260 e. The summed E-state index contributed by atoms with van der Waals surface area (Å²) in [4.78, 5) is 22.6. The highest BCUT2D eigenvalue weighted by atomic mass is 19.2. The number of benzene rings is 1. The molecule has 0 aliphatic rings. The lowest BCUT2D eigenvalue weighted by Crippen LogP contribution is -2.12. The van der Waals surface area contributed by atoms with Crippen LogP contribution in [0.2, 0.25) is 0 Å². The molecule has 0 fully saturated rings. The molecule has 1 aromatic carbocycles. The SMILES string of the molecule is O=c1[nH]c(Cc2ccc(F)c(F)c2)nc2ccncc12. The number of pyridine rings is 1. The average molecular weight is 273 g/mol. The van der Waals surface area contributed by atoms with E-state index in [9.17, 15) is 13.6 Å². The molecule has 3 rings (SSSR count). The summed E-state index contributed by atoms with van der Waals surface area (Å²) in [5.74, 6) is -1.44. The van der Waals surface area contributed by atoms with Crippen LogP contribution in [-0.4, -0.2) is 15.0 Å². The third-order valence-electron chi connectivity index (χ3n) is 2.91. The van der Waals surface area contributed by atoms with Crippen LogP contribution in [0.15, 0.2) is 41.5 Å². The summed E-state index contributed by atoms with van der Waals surface area (Å²) in [6.07, 6.45) is 3.18. The van der Waals surface area contributed by atoms with Gasteiger partial charge in [0.1, 0.15) is 5.82 Å². The van der Waals surface area contributed by atoms with Crippen LogP contribution in [0.5, 0.6) is 0 Å². The molecule has 6 heteroatoms. The van der Waals surface area contributed by atoms with Gasteiger partial charge in [0, 0.05) is 18.8 Å². The summed E-state index contributed by atoms with van der Waals surface area (Å²) in [5.41, 5.74) is 0.738. The van der Waals surface area contributed by atoms with Crippen LogP contribution in [0.3, 0.4) is 0 Å². The van der Waals surface area contributed by atoms with Crippen LogP contribution in [0.25, 0.3) is 10.9 Å². The van der Waals surface area contributed by atoms with Gasteiger partial charge in [0.15, 0.2) is 11.6 Å². The number of aromatic nitrogens is 3. The second-order valence-corrected chi connectivity index (χ2v) is 4.33. The van der Waals surface area contributed by atoms with Crippen LogP contribution in [-0.2, 0) is 6.42 Å². The molecule has 0 bridgehead atoms. The number of nitrogens with zero attached hydrogens (tertiary/aromatic N) is 2. The molecule has 0 saturated carbocycles. The fourth-order valence-corrected chi connectivity index (χ4v) is 1.96. The Morgan fingerprint density at radius 1 is 1.15 bits per heavy atom. The van der Waals surface area contributed by atoms with Crippen LogP contribution in [0.1, 0.15) is 11.4 Å². The maximum absolute atomic E-state index is 13.1. The number of aromatic amines is 1. The molecule has 0 saturated heterocycles. The minimum absolute atomic E-state index is 0.213. The van der Waals surface area contributed by atoms with Gasteiger partial charge in [-0.2, -0.15) is 0 Å². The number of rotatable bonds is 2. The molecule has 100 valence electrons. The summed E-state index contributed by atoms with van der Waals surface area (Å²) in [7, 11) is 0. The molecule has 0 radical (unpaired) electrons. The van der Waals surface area contributed by atoms with Gasteiger partial charge >= 0.3 is 0 Å². The van der Waals surface area contributed by atoms with Crippen molar-refractivity contribution < 1.29 is 8.78 Å². The molecule has 0 spiro atoms. The standard InChI is InChI=1S/C14H9F2N3O/c15-10-2-1-8(5-11(10)16)6-13-18-12-3-4-17-7-9(12)14(20)19-13/h1-5,7H,6H2,(H,18,19,20). The summed E-state index contributed by atoms with van der Waals surface area (Å²) in [5, 5.41) is 0.390. The molecule has 0 atom stereocenters. The number of hydrogen-bond acceptors (Lipinski definition) is 3. The quantitative estimate of drug-likeness (QED) is 0.778. The van der Waals surface area contributed by atoms with E-state index in [1.165, 1.54) is 18.5 Å². The second kappa shape index (κ2) is 4.80. The molecule has 2 heterocycles. The monoisotopic (exact) mass is 273 g/mol. The van der Waals surface area contributed by atoms with Crippen molar-refractivity contribution in [2.24, 2.45) is 0 Å². The van der Waals surface area contributed by atoms with E-state index >= 15 is 0 Å². The smallest absolute Gasteiger partial charge is 0.260 e. The van der Waals surface area contributed by atoms with Gasteiger partial charge in [-0.3, -0.25) is 9.78 Å². The number of H-pyrrole nitrogens is 1. The van der Waals surface area contributed by atoms with Gasteiger partial charge in [-0.15, -0.1) is 0 Å². The Balaban J connectivity index is 2.02. The van der Waals surface area contributed by atoms with Crippen molar-refractivity contribution in [3.8, 4) is 0 Å². The van der Waals surface area contributed by atoms with E-state index in [2.05, 4.69) is 15.0 Å². The van der Waals surface area contributed by atoms with Crippen molar-refractivity contribution in [3.63, 3.8) is 0 Å². The number of nitrogens with one attached hydrogen (secondary N) is 1. The van der Waals surface area contributed by atoms with Crippen LogP contribution in [0.4, 0.5) is 8.78 Å². The fraction of sp³-hybridized carbons (Fsp3) is 0.0714. The molecule has 0 aliphatic carbocycles. The van der Waals surface area contributed by atoms with E-state index in [1.54, 1.807) is 6.07 Å². The topological polar surface area (TPSA) is 58.6 Å². The molecule has 3 aromatic rings. The van der Waals surface area contributed by atoms with E-state index in [0.717, 1.165) is 12.1 Å². The van der Waals surface area contributed by atoms with E-state index in [1.807, 2.05) is 0 Å². The molecular weight excluding hydrogens is 264 g/mol. The van der Waals surface area contributed by atoms with Crippen molar-refractivity contribution in [2.75, 3.05) is 0 Å². The zero-order chi connectivity index (χ0) is 14.1. The normalized spacial score (nSPS) is 10.9. The molecule has 20 heavy (non-hydrogen) atoms. The van der Waals surface area contributed by atoms with Gasteiger partial charge in [-0.25, -0.2) is 13.8 Å². The lowest BCUT2D eigenvalue weighted by atomic mass is 10.1. The van der Waals surface area contributed by atoms with Gasteiger partial charge < -0.3 is 4.98 Å². The number of hydrogen-bond donors (Lipinski definition) is 1. The Hall–Kier alpha value is -2.63. The van der Waals surface area contributed by atoms with Gasteiger partial charge in [0.05, 0.1) is 10.9 Å². The molecule has 0 amide bonds. The summed E-state index contributed by atoms with van der Waals surface area (Å²) < 4.78 is 26.0. The van der Waals surface area contributed by atoms with Gasteiger partial charge in [-0.1, -0.05) is 6.07 Å². The molecule has 4 nitrogen and oxygen atoms in total. The van der Waals surface area contributed by atoms with E-state index in [4.69, 9.17) is 0 Å². The van der Waals surface area contributed by atoms with Crippen molar-refractivity contribution in [1.29, 1.82) is 0 Å². The van der Waals surface area contributed by atoms with Crippen molar-refractivity contribution in [2.45, 2.75) is 6.42 Å². The first-order valence-corrected chi connectivity index (χ1v) is 5.90. The van der Waals surface area contributed by atoms with Gasteiger partial charge in [-0.05, 0) is 23.8 Å². The average Bonchev–Trinajstić information content (AvgIpc) is 2.43. The van der Waals surface area contributed by atoms with E-state index < -0.39 is 11.6 Å². The molecule has 0 aliphatic heterocycles.